The van der Waals surface area contributed by atoms with E-state index in [1.807, 2.05) is 6.92 Å². The highest BCUT2D eigenvalue weighted by atomic mass is 16.2. The van der Waals surface area contributed by atoms with Gasteiger partial charge in [-0.2, -0.15) is 0 Å². The molecule has 0 bridgehead atoms. The normalized spacial score (nSPS) is 12.5. The molecule has 0 aromatic rings. The van der Waals surface area contributed by atoms with E-state index in [0.717, 1.165) is 12.8 Å². The van der Waals surface area contributed by atoms with Crippen molar-refractivity contribution in [3.63, 3.8) is 0 Å². The van der Waals surface area contributed by atoms with Crippen LogP contribution >= 0.6 is 0 Å². The summed E-state index contributed by atoms with van der Waals surface area (Å²) in [5, 5.41) is 0. The number of rotatable bonds is 7. The lowest BCUT2D eigenvalue weighted by atomic mass is 10.2. The van der Waals surface area contributed by atoms with Gasteiger partial charge in [0.2, 0.25) is 5.91 Å². The Morgan fingerprint density at radius 3 is 2.47 bits per heavy atom. The van der Waals surface area contributed by atoms with Crippen LogP contribution in [0, 0.1) is 0 Å². The van der Waals surface area contributed by atoms with Gasteiger partial charge in [-0.05, 0) is 19.9 Å². The molecule has 1 atom stereocenters. The molecule has 88 valence electrons. The van der Waals surface area contributed by atoms with Crippen molar-refractivity contribution in [1.82, 2.24) is 10.3 Å². The summed E-state index contributed by atoms with van der Waals surface area (Å²) in [6.45, 7) is 4.47. The molecule has 0 aromatic heterocycles. The molecule has 0 radical (unpaired) electrons. The number of carbonyl (C=O) groups excluding carboxylic acids is 2. The number of unbranched alkanes of at least 4 members (excludes halogenated alkanes) is 1. The van der Waals surface area contributed by atoms with Crippen molar-refractivity contribution in [2.24, 2.45) is 11.6 Å². The van der Waals surface area contributed by atoms with Gasteiger partial charge in [0.05, 0.1) is 12.6 Å². The number of nitrogens with zero attached hydrogens (tertiary/aromatic N) is 1. The SMILES string of the molecule is CCCCN(CC(N)=O)C(C)C(=O)NN. The summed E-state index contributed by atoms with van der Waals surface area (Å²) in [5.74, 6) is 4.27. The first kappa shape index (κ1) is 13.9. The topological polar surface area (TPSA) is 101 Å². The largest absolute Gasteiger partial charge is 0.369 e. The maximum Gasteiger partial charge on any atom is 0.250 e. The molecular formula is C9H20N4O2. The first-order chi connectivity index (χ1) is 7.02. The summed E-state index contributed by atoms with van der Waals surface area (Å²) >= 11 is 0. The van der Waals surface area contributed by atoms with E-state index in [2.05, 4.69) is 5.43 Å². The fourth-order valence-corrected chi connectivity index (χ4v) is 1.26. The summed E-state index contributed by atoms with van der Waals surface area (Å²) in [5.41, 5.74) is 7.16. The number of hydrogen-bond acceptors (Lipinski definition) is 4. The highest BCUT2D eigenvalue weighted by molar-refractivity contribution is 5.82. The Morgan fingerprint density at radius 1 is 1.47 bits per heavy atom. The smallest absolute Gasteiger partial charge is 0.250 e. The maximum absolute atomic E-state index is 11.3. The fourth-order valence-electron chi connectivity index (χ4n) is 1.26. The molecule has 0 saturated heterocycles. The first-order valence-corrected chi connectivity index (χ1v) is 5.05. The lowest BCUT2D eigenvalue weighted by Gasteiger charge is -2.26. The summed E-state index contributed by atoms with van der Waals surface area (Å²) in [7, 11) is 0. The van der Waals surface area contributed by atoms with Gasteiger partial charge in [0.25, 0.3) is 5.91 Å². The quantitative estimate of drug-likeness (QED) is 0.287. The third-order valence-corrected chi connectivity index (χ3v) is 2.23. The van der Waals surface area contributed by atoms with Crippen LogP contribution in [0.3, 0.4) is 0 Å². The zero-order chi connectivity index (χ0) is 11.8. The molecule has 5 N–H and O–H groups in total. The highest BCUT2D eigenvalue weighted by Gasteiger charge is 2.21. The Kier molecular flexibility index (Phi) is 6.64. The van der Waals surface area contributed by atoms with Crippen LogP contribution in [0.15, 0.2) is 0 Å². The predicted molar refractivity (Wildman–Crippen MR) is 57.5 cm³/mol. The van der Waals surface area contributed by atoms with Crippen LogP contribution in [-0.4, -0.2) is 35.8 Å². The van der Waals surface area contributed by atoms with Gasteiger partial charge in [-0.1, -0.05) is 13.3 Å². The molecule has 6 heteroatoms. The minimum absolute atomic E-state index is 0.0780. The van der Waals surface area contributed by atoms with Crippen LogP contribution in [-0.2, 0) is 9.59 Å². The van der Waals surface area contributed by atoms with Crippen LogP contribution in [0.1, 0.15) is 26.7 Å². The van der Waals surface area contributed by atoms with Gasteiger partial charge in [0.1, 0.15) is 0 Å². The molecule has 15 heavy (non-hydrogen) atoms. The summed E-state index contributed by atoms with van der Waals surface area (Å²) < 4.78 is 0. The lowest BCUT2D eigenvalue weighted by Crippen LogP contribution is -2.50. The second kappa shape index (κ2) is 7.19. The van der Waals surface area contributed by atoms with E-state index in [1.54, 1.807) is 11.8 Å². The summed E-state index contributed by atoms with van der Waals surface area (Å²) in [6.07, 6.45) is 1.90. The lowest BCUT2D eigenvalue weighted by molar-refractivity contribution is -0.127. The second-order valence-electron chi connectivity index (χ2n) is 3.47. The molecular weight excluding hydrogens is 196 g/mol. The van der Waals surface area contributed by atoms with Gasteiger partial charge < -0.3 is 5.73 Å². The van der Waals surface area contributed by atoms with Crippen molar-refractivity contribution in [3.05, 3.63) is 0 Å². The Labute approximate surface area is 89.9 Å². The number of amides is 2. The van der Waals surface area contributed by atoms with Gasteiger partial charge in [-0.15, -0.1) is 0 Å². The van der Waals surface area contributed by atoms with Gasteiger partial charge >= 0.3 is 0 Å². The van der Waals surface area contributed by atoms with Crippen molar-refractivity contribution in [3.8, 4) is 0 Å². The zero-order valence-electron chi connectivity index (χ0n) is 9.32. The van der Waals surface area contributed by atoms with E-state index in [1.165, 1.54) is 0 Å². The maximum atomic E-state index is 11.3. The molecule has 1 unspecified atom stereocenters. The van der Waals surface area contributed by atoms with Crippen molar-refractivity contribution >= 4 is 11.8 Å². The van der Waals surface area contributed by atoms with E-state index in [-0.39, 0.29) is 12.5 Å². The van der Waals surface area contributed by atoms with E-state index in [9.17, 15) is 9.59 Å². The first-order valence-electron chi connectivity index (χ1n) is 5.05. The van der Waals surface area contributed by atoms with Gasteiger partial charge in [0, 0.05) is 0 Å². The van der Waals surface area contributed by atoms with E-state index < -0.39 is 11.9 Å². The molecule has 0 saturated carbocycles. The molecule has 0 heterocycles. The minimum atomic E-state index is -0.442. The average molecular weight is 216 g/mol. The second-order valence-corrected chi connectivity index (χ2v) is 3.47. The Morgan fingerprint density at radius 2 is 2.07 bits per heavy atom. The van der Waals surface area contributed by atoms with Crippen LogP contribution in [0.25, 0.3) is 0 Å². The predicted octanol–water partition coefficient (Wildman–Crippen LogP) is -1.05. The standard InChI is InChI=1S/C9H20N4O2/c1-3-4-5-13(6-8(10)14)7(2)9(15)12-11/h7H,3-6,11H2,1-2H3,(H2,10,14)(H,12,15). The average Bonchev–Trinajstić information content (AvgIpc) is 2.21. The molecule has 0 rings (SSSR count). The van der Waals surface area contributed by atoms with Gasteiger partial charge in [0.15, 0.2) is 0 Å². The summed E-state index contributed by atoms with van der Waals surface area (Å²) in [4.78, 5) is 23.8. The Hall–Kier alpha value is -1.14. The molecule has 0 aromatic carbocycles. The molecule has 6 nitrogen and oxygen atoms in total. The number of hydrazine groups is 1. The molecule has 0 aliphatic rings. The van der Waals surface area contributed by atoms with Crippen LogP contribution < -0.4 is 17.0 Å². The number of hydrogen-bond donors (Lipinski definition) is 3. The zero-order valence-corrected chi connectivity index (χ0v) is 9.32. The number of nitrogens with two attached hydrogens (primary N) is 2. The van der Waals surface area contributed by atoms with Gasteiger partial charge in [-0.3, -0.25) is 19.9 Å². The third kappa shape index (κ3) is 5.34. The molecule has 0 spiro atoms. The van der Waals surface area contributed by atoms with Crippen LogP contribution in [0.2, 0.25) is 0 Å². The van der Waals surface area contributed by atoms with E-state index >= 15 is 0 Å². The van der Waals surface area contributed by atoms with Crippen molar-refractivity contribution in [2.75, 3.05) is 13.1 Å². The Balaban J connectivity index is 4.32. The minimum Gasteiger partial charge on any atom is -0.369 e. The number of carbonyl (C=O) groups is 2. The van der Waals surface area contributed by atoms with Crippen LogP contribution in [0.4, 0.5) is 0 Å². The van der Waals surface area contributed by atoms with Crippen molar-refractivity contribution in [1.29, 1.82) is 0 Å². The van der Waals surface area contributed by atoms with Crippen LogP contribution in [0.5, 0.6) is 0 Å². The van der Waals surface area contributed by atoms with Crippen molar-refractivity contribution in [2.45, 2.75) is 32.7 Å². The molecule has 2 amide bonds. The summed E-state index contributed by atoms with van der Waals surface area (Å²) in [6, 6.07) is -0.436. The Bertz CT molecular complexity index is 220. The molecule has 0 fully saturated rings. The monoisotopic (exact) mass is 216 g/mol. The highest BCUT2D eigenvalue weighted by Crippen LogP contribution is 2.01. The third-order valence-electron chi connectivity index (χ3n) is 2.23. The fraction of sp³-hybridized carbons (Fsp3) is 0.778. The molecule has 0 aliphatic heterocycles. The van der Waals surface area contributed by atoms with Crippen molar-refractivity contribution < 1.29 is 9.59 Å². The number of primary amides is 1. The van der Waals surface area contributed by atoms with E-state index in [0.29, 0.717) is 6.54 Å². The number of nitrogens with one attached hydrogen (secondary N) is 1. The van der Waals surface area contributed by atoms with E-state index in [4.69, 9.17) is 11.6 Å². The van der Waals surface area contributed by atoms with Gasteiger partial charge in [-0.25, -0.2) is 5.84 Å². The molecule has 0 aliphatic carbocycles.